The lowest BCUT2D eigenvalue weighted by Gasteiger charge is -2.01. The molecule has 66 valence electrons. The average Bonchev–Trinajstić information content (AvgIpc) is 1.97. The van der Waals surface area contributed by atoms with Crippen molar-refractivity contribution < 1.29 is 18.3 Å². The number of H-pyrrole nitrogens is 1. The molecule has 0 saturated heterocycles. The van der Waals surface area contributed by atoms with E-state index in [-0.39, 0.29) is 0 Å². The third kappa shape index (κ3) is 1.27. The Kier molecular flexibility index (Phi) is 2.07. The molecule has 6 heteroatoms. The first-order valence-corrected chi connectivity index (χ1v) is 2.92. The molecule has 2 N–H and O–H groups in total. The number of rotatable bonds is 1. The monoisotopic (exact) mass is 179 g/mol. The molecule has 1 heterocycles. The van der Waals surface area contributed by atoms with E-state index in [4.69, 9.17) is 5.11 Å². The standard InChI is InChI=1S/C6H4F3NO2/c7-2-1-10-6(12)4(11)3(2)5(8)9/h1,5,11H,(H,10,12). The van der Waals surface area contributed by atoms with E-state index in [1.807, 2.05) is 0 Å². The van der Waals surface area contributed by atoms with Gasteiger partial charge in [0.1, 0.15) is 5.56 Å². The minimum Gasteiger partial charge on any atom is -0.503 e. The van der Waals surface area contributed by atoms with Gasteiger partial charge in [-0.25, -0.2) is 13.2 Å². The molecule has 0 aliphatic rings. The summed E-state index contributed by atoms with van der Waals surface area (Å²) in [6.45, 7) is 0. The maximum Gasteiger partial charge on any atom is 0.290 e. The molecular formula is C6H4F3NO2. The van der Waals surface area contributed by atoms with Gasteiger partial charge in [0.15, 0.2) is 11.6 Å². The lowest BCUT2D eigenvalue weighted by molar-refractivity contribution is 0.141. The number of nitrogens with one attached hydrogen (secondary N) is 1. The Bertz CT molecular complexity index is 347. The Morgan fingerprint density at radius 3 is 2.50 bits per heavy atom. The molecule has 0 atom stereocenters. The van der Waals surface area contributed by atoms with Crippen LogP contribution in [0.5, 0.6) is 5.75 Å². The lowest BCUT2D eigenvalue weighted by atomic mass is 10.2. The molecule has 0 bridgehead atoms. The van der Waals surface area contributed by atoms with Gasteiger partial charge in [0, 0.05) is 6.20 Å². The van der Waals surface area contributed by atoms with Crippen LogP contribution in [0.2, 0.25) is 0 Å². The van der Waals surface area contributed by atoms with Gasteiger partial charge >= 0.3 is 0 Å². The highest BCUT2D eigenvalue weighted by molar-refractivity contribution is 5.30. The molecule has 0 saturated carbocycles. The van der Waals surface area contributed by atoms with Crippen molar-refractivity contribution in [3.05, 3.63) is 27.9 Å². The molecular weight excluding hydrogens is 175 g/mol. The lowest BCUT2D eigenvalue weighted by Crippen LogP contribution is -2.09. The zero-order chi connectivity index (χ0) is 9.30. The van der Waals surface area contributed by atoms with Crippen LogP contribution in [0.4, 0.5) is 13.2 Å². The summed E-state index contributed by atoms with van der Waals surface area (Å²) in [6, 6.07) is 0. The summed E-state index contributed by atoms with van der Waals surface area (Å²) in [5.41, 5.74) is -2.40. The van der Waals surface area contributed by atoms with Gasteiger partial charge in [-0.3, -0.25) is 4.79 Å². The molecule has 0 unspecified atom stereocenters. The van der Waals surface area contributed by atoms with Gasteiger partial charge in [-0.05, 0) is 0 Å². The summed E-state index contributed by atoms with van der Waals surface area (Å²) in [6.07, 6.45) is -2.73. The van der Waals surface area contributed by atoms with E-state index in [0.717, 1.165) is 0 Å². The maximum atomic E-state index is 12.5. The molecule has 0 radical (unpaired) electrons. The predicted molar refractivity (Wildman–Crippen MR) is 33.6 cm³/mol. The quantitative estimate of drug-likeness (QED) is 0.679. The number of halogens is 3. The van der Waals surface area contributed by atoms with Crippen molar-refractivity contribution >= 4 is 0 Å². The van der Waals surface area contributed by atoms with Crippen LogP contribution < -0.4 is 5.56 Å². The normalized spacial score (nSPS) is 10.7. The number of hydrogen-bond acceptors (Lipinski definition) is 2. The largest absolute Gasteiger partial charge is 0.503 e. The zero-order valence-electron chi connectivity index (χ0n) is 5.64. The van der Waals surface area contributed by atoms with Gasteiger partial charge in [0.25, 0.3) is 12.0 Å². The number of aromatic hydroxyl groups is 1. The first-order chi connectivity index (χ1) is 5.54. The highest BCUT2D eigenvalue weighted by Gasteiger charge is 2.20. The van der Waals surface area contributed by atoms with Crippen molar-refractivity contribution in [3.8, 4) is 5.75 Å². The molecule has 3 nitrogen and oxygen atoms in total. The number of alkyl halides is 2. The highest BCUT2D eigenvalue weighted by atomic mass is 19.3. The molecule has 0 aromatic carbocycles. The van der Waals surface area contributed by atoms with Gasteiger partial charge in [-0.15, -0.1) is 0 Å². The SMILES string of the molecule is O=c1[nH]cc(F)c(C(F)F)c1O. The van der Waals surface area contributed by atoms with E-state index in [1.165, 1.54) is 0 Å². The van der Waals surface area contributed by atoms with Crippen molar-refractivity contribution in [3.63, 3.8) is 0 Å². The summed E-state index contributed by atoms with van der Waals surface area (Å²) in [4.78, 5) is 12.2. The third-order valence-corrected chi connectivity index (χ3v) is 1.28. The average molecular weight is 179 g/mol. The minimum absolute atomic E-state index is 0.476. The van der Waals surface area contributed by atoms with Gasteiger partial charge in [-0.2, -0.15) is 0 Å². The van der Waals surface area contributed by atoms with Crippen molar-refractivity contribution in [2.24, 2.45) is 0 Å². The number of pyridine rings is 1. The Hall–Kier alpha value is -1.46. The number of aromatic nitrogens is 1. The van der Waals surface area contributed by atoms with E-state index in [0.29, 0.717) is 6.20 Å². The zero-order valence-corrected chi connectivity index (χ0v) is 5.64. The fourth-order valence-electron chi connectivity index (χ4n) is 0.718. The molecule has 12 heavy (non-hydrogen) atoms. The van der Waals surface area contributed by atoms with Crippen LogP contribution in [0.1, 0.15) is 12.0 Å². The van der Waals surface area contributed by atoms with E-state index in [2.05, 4.69) is 0 Å². The third-order valence-electron chi connectivity index (χ3n) is 1.28. The molecule has 0 aliphatic heterocycles. The Morgan fingerprint density at radius 1 is 1.50 bits per heavy atom. The first kappa shape index (κ1) is 8.63. The predicted octanol–water partition coefficient (Wildman–Crippen LogP) is 1.16. The summed E-state index contributed by atoms with van der Waals surface area (Å²) in [7, 11) is 0. The molecule has 1 aromatic rings. The Balaban J connectivity index is 3.43. The first-order valence-electron chi connectivity index (χ1n) is 2.92. The van der Waals surface area contributed by atoms with Crippen molar-refractivity contribution in [1.29, 1.82) is 0 Å². The maximum absolute atomic E-state index is 12.5. The fourth-order valence-corrected chi connectivity index (χ4v) is 0.718. The summed E-state index contributed by atoms with van der Waals surface area (Å²) in [5, 5.41) is 8.69. The molecule has 0 aliphatic carbocycles. The van der Waals surface area contributed by atoms with Gasteiger partial charge in [0.2, 0.25) is 0 Å². The fraction of sp³-hybridized carbons (Fsp3) is 0.167. The van der Waals surface area contributed by atoms with E-state index in [1.54, 1.807) is 4.98 Å². The number of aromatic amines is 1. The van der Waals surface area contributed by atoms with Crippen molar-refractivity contribution in [1.82, 2.24) is 4.98 Å². The topological polar surface area (TPSA) is 53.1 Å². The van der Waals surface area contributed by atoms with E-state index in [9.17, 15) is 18.0 Å². The van der Waals surface area contributed by atoms with E-state index < -0.39 is 29.1 Å². The van der Waals surface area contributed by atoms with E-state index >= 15 is 0 Å². The van der Waals surface area contributed by atoms with Crippen molar-refractivity contribution in [2.75, 3.05) is 0 Å². The molecule has 0 amide bonds. The Morgan fingerprint density at radius 2 is 2.08 bits per heavy atom. The van der Waals surface area contributed by atoms with Gasteiger partial charge in [-0.1, -0.05) is 0 Å². The summed E-state index contributed by atoms with van der Waals surface area (Å²) >= 11 is 0. The van der Waals surface area contributed by atoms with Crippen LogP contribution in [0.3, 0.4) is 0 Å². The van der Waals surface area contributed by atoms with Gasteiger partial charge < -0.3 is 10.1 Å². The van der Waals surface area contributed by atoms with Crippen molar-refractivity contribution in [2.45, 2.75) is 6.43 Å². The van der Waals surface area contributed by atoms with Crippen LogP contribution in [-0.4, -0.2) is 10.1 Å². The summed E-state index contributed by atoms with van der Waals surface area (Å²) < 4.78 is 36.3. The minimum atomic E-state index is -3.20. The number of hydrogen-bond donors (Lipinski definition) is 2. The molecule has 1 rings (SSSR count). The second kappa shape index (κ2) is 2.88. The highest BCUT2D eigenvalue weighted by Crippen LogP contribution is 2.26. The van der Waals surface area contributed by atoms with Gasteiger partial charge in [0.05, 0.1) is 0 Å². The molecule has 0 spiro atoms. The summed E-state index contributed by atoms with van der Waals surface area (Å²) in [5.74, 6) is -2.60. The second-order valence-corrected chi connectivity index (χ2v) is 2.03. The molecule has 1 aromatic heterocycles. The van der Waals surface area contributed by atoms with Crippen LogP contribution in [0.25, 0.3) is 0 Å². The van der Waals surface area contributed by atoms with Crippen LogP contribution in [0, 0.1) is 5.82 Å². The van der Waals surface area contributed by atoms with Crippen LogP contribution in [-0.2, 0) is 0 Å². The van der Waals surface area contributed by atoms with Crippen LogP contribution in [0.15, 0.2) is 11.0 Å². The Labute approximate surface area is 64.5 Å². The molecule has 0 fully saturated rings. The second-order valence-electron chi connectivity index (χ2n) is 2.03. The van der Waals surface area contributed by atoms with Crippen LogP contribution >= 0.6 is 0 Å². The smallest absolute Gasteiger partial charge is 0.290 e.